The van der Waals surface area contributed by atoms with Gasteiger partial charge in [-0.3, -0.25) is 9.59 Å². The third kappa shape index (κ3) is 9.53. The third-order valence-corrected chi connectivity index (χ3v) is 6.09. The quantitative estimate of drug-likeness (QED) is 0.210. The van der Waals surface area contributed by atoms with E-state index in [1.54, 1.807) is 18.2 Å². The molecule has 2 rings (SSSR count). The summed E-state index contributed by atoms with van der Waals surface area (Å²) in [6.07, 6.45) is 11.2. The number of amides is 1. The van der Waals surface area contributed by atoms with E-state index in [1.807, 2.05) is 24.3 Å². The minimum absolute atomic E-state index is 0.116. The van der Waals surface area contributed by atoms with E-state index in [2.05, 4.69) is 12.4 Å². The van der Waals surface area contributed by atoms with Gasteiger partial charge in [0.1, 0.15) is 5.78 Å². The van der Waals surface area contributed by atoms with Gasteiger partial charge in [0.05, 0.1) is 12.2 Å². The topological polar surface area (TPSA) is 95.9 Å². The van der Waals surface area contributed by atoms with Crippen LogP contribution in [0, 0.1) is 11.8 Å². The summed E-state index contributed by atoms with van der Waals surface area (Å²) >= 11 is 0. The summed E-state index contributed by atoms with van der Waals surface area (Å²) in [5, 5.41) is 20.4. The molecule has 6 nitrogen and oxygen atoms in total. The highest BCUT2D eigenvalue weighted by Gasteiger charge is 2.39. The minimum Gasteiger partial charge on any atom is -0.392 e. The summed E-state index contributed by atoms with van der Waals surface area (Å²) in [5.41, 5.74) is 2.45. The SMILES string of the molecule is CCCCCC(O)/C=C/[C@H]1[C@H](O)CC(=O)[C@@H]1CCCCCCC(=O)NOc1ccccc1. The van der Waals surface area contributed by atoms with Crippen LogP contribution in [0.15, 0.2) is 42.5 Å². The number of hydrogen-bond donors (Lipinski definition) is 3. The molecule has 0 aliphatic heterocycles. The van der Waals surface area contributed by atoms with Crippen LogP contribution >= 0.6 is 0 Å². The fraction of sp³-hybridized carbons (Fsp3) is 0.615. The average Bonchev–Trinajstić information content (AvgIpc) is 3.06. The molecule has 0 heterocycles. The van der Waals surface area contributed by atoms with Gasteiger partial charge in [-0.15, -0.1) is 0 Å². The standard InChI is InChI=1S/C26H39NO5/c1-2-3-7-12-20(28)17-18-23-22(24(29)19-25(23)30)15-10-4-5-11-16-26(31)27-32-21-13-8-6-9-14-21/h6,8-9,13-14,17-18,20,22-23,25,28,30H,2-5,7,10-12,15-16,19H2,1H3,(H,27,31)/b18-17+/t20?,22-,23-,25-/m1/s1. The predicted octanol–water partition coefficient (Wildman–Crippen LogP) is 4.50. The number of unbranched alkanes of at least 4 members (excludes halogenated alkanes) is 5. The Balaban J connectivity index is 1.62. The number of benzene rings is 1. The number of carbonyl (C=O) groups excluding carboxylic acids is 2. The lowest BCUT2D eigenvalue weighted by molar-refractivity contribution is -0.127. The molecule has 0 saturated heterocycles. The third-order valence-electron chi connectivity index (χ3n) is 6.09. The lowest BCUT2D eigenvalue weighted by atomic mass is 9.88. The largest absolute Gasteiger partial charge is 0.392 e. The van der Waals surface area contributed by atoms with Gasteiger partial charge < -0.3 is 15.1 Å². The van der Waals surface area contributed by atoms with Crippen LogP contribution in [0.1, 0.15) is 77.6 Å². The number of aliphatic hydroxyl groups is 2. The number of Topliss-reactive ketones (excluding diaryl/α,β-unsaturated/α-hetero) is 1. The Kier molecular flexibility index (Phi) is 12.1. The number of para-hydroxylation sites is 1. The van der Waals surface area contributed by atoms with Crippen LogP contribution in [0.3, 0.4) is 0 Å². The number of aliphatic hydroxyl groups excluding tert-OH is 2. The van der Waals surface area contributed by atoms with E-state index in [-0.39, 0.29) is 29.9 Å². The Morgan fingerprint density at radius 2 is 1.91 bits per heavy atom. The summed E-state index contributed by atoms with van der Waals surface area (Å²) < 4.78 is 0. The van der Waals surface area contributed by atoms with Crippen LogP contribution in [-0.2, 0) is 9.59 Å². The van der Waals surface area contributed by atoms with E-state index in [1.165, 1.54) is 0 Å². The first-order valence-corrected chi connectivity index (χ1v) is 12.1. The molecule has 178 valence electrons. The van der Waals surface area contributed by atoms with E-state index in [0.29, 0.717) is 12.2 Å². The maximum absolute atomic E-state index is 12.3. The Hall–Kier alpha value is -2.18. The summed E-state index contributed by atoms with van der Waals surface area (Å²) in [7, 11) is 0. The van der Waals surface area contributed by atoms with Crippen molar-refractivity contribution in [3.8, 4) is 5.75 Å². The number of nitrogens with one attached hydrogen (secondary N) is 1. The molecule has 3 N–H and O–H groups in total. The van der Waals surface area contributed by atoms with Crippen LogP contribution in [0.25, 0.3) is 0 Å². The zero-order valence-corrected chi connectivity index (χ0v) is 19.2. The molecule has 0 bridgehead atoms. The molecule has 6 heteroatoms. The highest BCUT2D eigenvalue weighted by Crippen LogP contribution is 2.34. The van der Waals surface area contributed by atoms with Gasteiger partial charge in [0, 0.05) is 24.7 Å². The number of hydrogen-bond acceptors (Lipinski definition) is 5. The van der Waals surface area contributed by atoms with Crippen molar-refractivity contribution in [3.05, 3.63) is 42.5 Å². The van der Waals surface area contributed by atoms with Crippen LogP contribution < -0.4 is 10.3 Å². The van der Waals surface area contributed by atoms with Crippen LogP contribution in [-0.4, -0.2) is 34.1 Å². The van der Waals surface area contributed by atoms with Crippen molar-refractivity contribution in [2.45, 2.75) is 89.8 Å². The van der Waals surface area contributed by atoms with Gasteiger partial charge in [0.15, 0.2) is 5.75 Å². The van der Waals surface area contributed by atoms with Crippen molar-refractivity contribution >= 4 is 11.7 Å². The van der Waals surface area contributed by atoms with Gasteiger partial charge in [-0.1, -0.05) is 75.8 Å². The van der Waals surface area contributed by atoms with Crippen LogP contribution in [0.2, 0.25) is 0 Å². The minimum atomic E-state index is -0.653. The van der Waals surface area contributed by atoms with E-state index in [9.17, 15) is 19.8 Å². The van der Waals surface area contributed by atoms with Crippen molar-refractivity contribution in [3.63, 3.8) is 0 Å². The Bertz CT molecular complexity index is 705. The summed E-state index contributed by atoms with van der Waals surface area (Å²) in [4.78, 5) is 29.4. The second kappa shape index (κ2) is 14.8. The molecule has 4 atom stereocenters. The van der Waals surface area contributed by atoms with Crippen LogP contribution in [0.5, 0.6) is 5.75 Å². The van der Waals surface area contributed by atoms with E-state index in [4.69, 9.17) is 4.84 Å². The first kappa shape index (κ1) is 26.1. The Morgan fingerprint density at radius 3 is 2.66 bits per heavy atom. The summed E-state index contributed by atoms with van der Waals surface area (Å²) in [6.45, 7) is 2.13. The fourth-order valence-electron chi connectivity index (χ4n) is 4.21. The maximum Gasteiger partial charge on any atom is 0.252 e. The van der Waals surface area contributed by atoms with Gasteiger partial charge in [0.25, 0.3) is 5.91 Å². The van der Waals surface area contributed by atoms with E-state index < -0.39 is 12.2 Å². The zero-order chi connectivity index (χ0) is 23.2. The van der Waals surface area contributed by atoms with Gasteiger partial charge >= 0.3 is 0 Å². The molecule has 0 spiro atoms. The lowest BCUT2D eigenvalue weighted by Gasteiger charge is -2.18. The lowest BCUT2D eigenvalue weighted by Crippen LogP contribution is -2.26. The zero-order valence-electron chi connectivity index (χ0n) is 19.2. The molecule has 1 aromatic carbocycles. The summed E-state index contributed by atoms with van der Waals surface area (Å²) in [5.74, 6) is 0.188. The molecule has 1 aliphatic rings. The highest BCUT2D eigenvalue weighted by atomic mass is 16.7. The van der Waals surface area contributed by atoms with E-state index in [0.717, 1.165) is 57.8 Å². The summed E-state index contributed by atoms with van der Waals surface area (Å²) in [6, 6.07) is 9.11. The molecule has 32 heavy (non-hydrogen) atoms. The number of rotatable bonds is 15. The second-order valence-corrected chi connectivity index (χ2v) is 8.76. The van der Waals surface area contributed by atoms with Crippen molar-refractivity contribution in [1.29, 1.82) is 0 Å². The first-order chi connectivity index (χ1) is 15.5. The number of ketones is 1. The number of carbonyl (C=O) groups is 2. The van der Waals surface area contributed by atoms with Gasteiger partial charge in [-0.25, -0.2) is 0 Å². The van der Waals surface area contributed by atoms with Crippen molar-refractivity contribution in [2.24, 2.45) is 11.8 Å². The van der Waals surface area contributed by atoms with E-state index >= 15 is 0 Å². The monoisotopic (exact) mass is 445 g/mol. The molecule has 1 aromatic rings. The fourth-order valence-corrected chi connectivity index (χ4v) is 4.21. The van der Waals surface area contributed by atoms with Gasteiger partial charge in [-0.2, -0.15) is 5.48 Å². The normalized spacial score (nSPS) is 21.7. The Morgan fingerprint density at radius 1 is 1.16 bits per heavy atom. The van der Waals surface area contributed by atoms with Gasteiger partial charge in [0.2, 0.25) is 0 Å². The molecule has 1 fully saturated rings. The molecular weight excluding hydrogens is 406 g/mol. The smallest absolute Gasteiger partial charge is 0.252 e. The highest BCUT2D eigenvalue weighted by molar-refractivity contribution is 5.84. The molecule has 1 amide bonds. The molecule has 0 radical (unpaired) electrons. The van der Waals surface area contributed by atoms with Gasteiger partial charge in [-0.05, 0) is 31.4 Å². The molecule has 1 aliphatic carbocycles. The Labute approximate surface area is 192 Å². The predicted molar refractivity (Wildman–Crippen MR) is 125 cm³/mol. The molecule has 0 aromatic heterocycles. The second-order valence-electron chi connectivity index (χ2n) is 8.76. The first-order valence-electron chi connectivity index (χ1n) is 12.1. The van der Waals surface area contributed by atoms with Crippen molar-refractivity contribution < 1.29 is 24.6 Å². The van der Waals surface area contributed by atoms with Crippen LogP contribution in [0.4, 0.5) is 0 Å². The van der Waals surface area contributed by atoms with Crippen molar-refractivity contribution in [1.82, 2.24) is 5.48 Å². The molecule has 1 unspecified atom stereocenters. The molecule has 1 saturated carbocycles. The average molecular weight is 446 g/mol. The number of hydroxylamine groups is 1. The van der Waals surface area contributed by atoms with Crippen molar-refractivity contribution in [2.75, 3.05) is 0 Å². The maximum atomic E-state index is 12.3. The molecular formula is C26H39NO5.